The van der Waals surface area contributed by atoms with Crippen LogP contribution in [0.2, 0.25) is 0 Å². The zero-order chi connectivity index (χ0) is 15.2. The standard InChI is InChI=1S/C13H21N3O3S/c1-10(7-8-14)3-5-12(17)16-11-4-6-13(15-9-11)20(2,18)19/h4,6,9-10H,3,5,7-8,14H2,1-2H3,(H,16,17). The zero-order valence-corrected chi connectivity index (χ0v) is 12.6. The fourth-order valence-electron chi connectivity index (χ4n) is 1.70. The van der Waals surface area contributed by atoms with Crippen LogP contribution in [0.4, 0.5) is 5.69 Å². The maximum Gasteiger partial charge on any atom is 0.224 e. The van der Waals surface area contributed by atoms with E-state index in [4.69, 9.17) is 5.73 Å². The highest BCUT2D eigenvalue weighted by atomic mass is 32.2. The van der Waals surface area contributed by atoms with E-state index in [9.17, 15) is 13.2 Å². The fraction of sp³-hybridized carbons (Fsp3) is 0.538. The second-order valence-electron chi connectivity index (χ2n) is 4.93. The smallest absolute Gasteiger partial charge is 0.224 e. The van der Waals surface area contributed by atoms with Crippen molar-refractivity contribution in [2.45, 2.75) is 31.2 Å². The van der Waals surface area contributed by atoms with E-state index in [1.807, 2.05) is 0 Å². The molecule has 1 aromatic heterocycles. The first-order valence-electron chi connectivity index (χ1n) is 6.49. The molecule has 0 spiro atoms. The van der Waals surface area contributed by atoms with Crippen molar-refractivity contribution in [3.8, 4) is 0 Å². The number of hydrogen-bond donors (Lipinski definition) is 2. The Morgan fingerprint density at radius 3 is 2.60 bits per heavy atom. The Hall–Kier alpha value is -1.47. The average Bonchev–Trinajstić information content (AvgIpc) is 2.36. The van der Waals surface area contributed by atoms with Gasteiger partial charge in [0.25, 0.3) is 0 Å². The van der Waals surface area contributed by atoms with E-state index < -0.39 is 9.84 Å². The fourth-order valence-corrected chi connectivity index (χ4v) is 2.26. The molecule has 0 bridgehead atoms. The number of nitrogens with zero attached hydrogens (tertiary/aromatic N) is 1. The Labute approximate surface area is 119 Å². The summed E-state index contributed by atoms with van der Waals surface area (Å²) in [6, 6.07) is 2.91. The molecule has 0 aliphatic rings. The van der Waals surface area contributed by atoms with Crippen molar-refractivity contribution in [3.05, 3.63) is 18.3 Å². The van der Waals surface area contributed by atoms with Crippen molar-refractivity contribution in [1.29, 1.82) is 0 Å². The number of amides is 1. The van der Waals surface area contributed by atoms with Crippen LogP contribution in [0.5, 0.6) is 0 Å². The Bertz CT molecular complexity index is 540. The highest BCUT2D eigenvalue weighted by molar-refractivity contribution is 7.90. The van der Waals surface area contributed by atoms with Gasteiger partial charge in [-0.15, -0.1) is 0 Å². The summed E-state index contributed by atoms with van der Waals surface area (Å²) in [7, 11) is -3.31. The molecule has 7 heteroatoms. The molecule has 1 heterocycles. The molecule has 6 nitrogen and oxygen atoms in total. The van der Waals surface area contributed by atoms with Crippen molar-refractivity contribution < 1.29 is 13.2 Å². The number of pyridine rings is 1. The third-order valence-electron chi connectivity index (χ3n) is 2.92. The number of hydrogen-bond acceptors (Lipinski definition) is 5. The van der Waals surface area contributed by atoms with Gasteiger partial charge < -0.3 is 11.1 Å². The lowest BCUT2D eigenvalue weighted by atomic mass is 10.0. The summed E-state index contributed by atoms with van der Waals surface area (Å²) in [5.41, 5.74) is 5.95. The number of carbonyl (C=O) groups is 1. The molecule has 0 radical (unpaired) electrons. The molecule has 1 rings (SSSR count). The summed E-state index contributed by atoms with van der Waals surface area (Å²) in [6.07, 6.45) is 4.52. The second-order valence-corrected chi connectivity index (χ2v) is 6.89. The molecule has 20 heavy (non-hydrogen) atoms. The van der Waals surface area contributed by atoms with Crippen molar-refractivity contribution in [3.63, 3.8) is 0 Å². The van der Waals surface area contributed by atoms with Crippen LogP contribution in [0, 0.1) is 5.92 Å². The zero-order valence-electron chi connectivity index (χ0n) is 11.8. The van der Waals surface area contributed by atoms with Gasteiger partial charge in [-0.25, -0.2) is 13.4 Å². The van der Waals surface area contributed by atoms with Gasteiger partial charge in [0.15, 0.2) is 14.9 Å². The van der Waals surface area contributed by atoms with Crippen LogP contribution in [0.25, 0.3) is 0 Å². The van der Waals surface area contributed by atoms with E-state index in [1.165, 1.54) is 18.3 Å². The number of carbonyl (C=O) groups excluding carboxylic acids is 1. The maximum absolute atomic E-state index is 11.7. The first kappa shape index (κ1) is 16.6. The molecule has 3 N–H and O–H groups in total. The predicted octanol–water partition coefficient (Wildman–Crippen LogP) is 1.19. The molecule has 112 valence electrons. The highest BCUT2D eigenvalue weighted by Gasteiger charge is 2.10. The minimum Gasteiger partial charge on any atom is -0.330 e. The van der Waals surface area contributed by atoms with Gasteiger partial charge in [0.2, 0.25) is 5.91 Å². The number of anilines is 1. The van der Waals surface area contributed by atoms with Crippen molar-refractivity contribution in [2.75, 3.05) is 18.1 Å². The maximum atomic E-state index is 11.7. The van der Waals surface area contributed by atoms with Gasteiger partial charge in [0.05, 0.1) is 11.9 Å². The van der Waals surface area contributed by atoms with Gasteiger partial charge in [-0.2, -0.15) is 0 Å². The van der Waals surface area contributed by atoms with E-state index >= 15 is 0 Å². The van der Waals surface area contributed by atoms with Crippen LogP contribution in [-0.4, -0.2) is 32.1 Å². The Kier molecular flexibility index (Phi) is 6.09. The highest BCUT2D eigenvalue weighted by Crippen LogP contribution is 2.13. The average molecular weight is 299 g/mol. The minimum absolute atomic E-state index is 0.00735. The molecular weight excluding hydrogens is 278 g/mol. The summed E-state index contributed by atoms with van der Waals surface area (Å²) >= 11 is 0. The third kappa shape index (κ3) is 5.66. The Morgan fingerprint density at radius 2 is 2.10 bits per heavy atom. The van der Waals surface area contributed by atoms with E-state index in [-0.39, 0.29) is 10.9 Å². The number of nitrogens with two attached hydrogens (primary N) is 1. The number of rotatable bonds is 7. The summed E-state index contributed by atoms with van der Waals surface area (Å²) in [5.74, 6) is 0.305. The molecule has 1 amide bonds. The molecule has 1 unspecified atom stereocenters. The molecule has 0 saturated heterocycles. The summed E-state index contributed by atoms with van der Waals surface area (Å²) in [4.78, 5) is 15.5. The molecule has 0 aliphatic heterocycles. The third-order valence-corrected chi connectivity index (χ3v) is 3.92. The van der Waals surface area contributed by atoms with E-state index in [1.54, 1.807) is 0 Å². The van der Waals surface area contributed by atoms with E-state index in [2.05, 4.69) is 17.2 Å². The molecule has 0 aromatic carbocycles. The number of nitrogens with one attached hydrogen (secondary N) is 1. The molecule has 1 aromatic rings. The minimum atomic E-state index is -3.31. The molecule has 0 saturated carbocycles. The number of sulfone groups is 1. The van der Waals surface area contributed by atoms with Crippen LogP contribution in [0.3, 0.4) is 0 Å². The van der Waals surface area contributed by atoms with E-state index in [0.29, 0.717) is 24.6 Å². The molecular formula is C13H21N3O3S. The van der Waals surface area contributed by atoms with E-state index in [0.717, 1.165) is 19.1 Å². The van der Waals surface area contributed by atoms with Gasteiger partial charge in [-0.1, -0.05) is 6.92 Å². The summed E-state index contributed by atoms with van der Waals surface area (Å²) in [6.45, 7) is 2.68. The van der Waals surface area contributed by atoms with Gasteiger partial charge in [-0.05, 0) is 37.4 Å². The van der Waals surface area contributed by atoms with Gasteiger partial charge in [0.1, 0.15) is 0 Å². The van der Waals surface area contributed by atoms with Crippen molar-refractivity contribution in [1.82, 2.24) is 4.98 Å². The van der Waals surface area contributed by atoms with Gasteiger partial charge >= 0.3 is 0 Å². The van der Waals surface area contributed by atoms with Crippen LogP contribution < -0.4 is 11.1 Å². The lowest BCUT2D eigenvalue weighted by Gasteiger charge is -2.10. The van der Waals surface area contributed by atoms with Gasteiger partial charge in [0, 0.05) is 12.7 Å². The lowest BCUT2D eigenvalue weighted by molar-refractivity contribution is -0.116. The first-order valence-corrected chi connectivity index (χ1v) is 8.38. The van der Waals surface area contributed by atoms with Crippen LogP contribution in [0.1, 0.15) is 26.2 Å². The normalized spacial score (nSPS) is 12.9. The topological polar surface area (TPSA) is 102 Å². The summed E-state index contributed by atoms with van der Waals surface area (Å²) < 4.78 is 22.5. The molecule has 0 aliphatic carbocycles. The Balaban J connectivity index is 2.50. The largest absolute Gasteiger partial charge is 0.330 e. The SMILES string of the molecule is CC(CCN)CCC(=O)Nc1ccc(S(C)(=O)=O)nc1. The number of aromatic nitrogens is 1. The van der Waals surface area contributed by atoms with Gasteiger partial charge in [-0.3, -0.25) is 4.79 Å². The van der Waals surface area contributed by atoms with Crippen LogP contribution in [-0.2, 0) is 14.6 Å². The molecule has 1 atom stereocenters. The summed E-state index contributed by atoms with van der Waals surface area (Å²) in [5, 5.41) is 2.68. The predicted molar refractivity (Wildman–Crippen MR) is 78.0 cm³/mol. The lowest BCUT2D eigenvalue weighted by Crippen LogP contribution is -2.14. The Morgan fingerprint density at radius 1 is 1.40 bits per heavy atom. The monoisotopic (exact) mass is 299 g/mol. The van der Waals surface area contributed by atoms with Crippen molar-refractivity contribution >= 4 is 21.4 Å². The molecule has 0 fully saturated rings. The first-order chi connectivity index (χ1) is 9.32. The second kappa shape index (κ2) is 7.35. The van der Waals surface area contributed by atoms with Crippen LogP contribution in [0.15, 0.2) is 23.4 Å². The van der Waals surface area contributed by atoms with Crippen molar-refractivity contribution in [2.24, 2.45) is 11.7 Å². The van der Waals surface area contributed by atoms with Crippen LogP contribution >= 0.6 is 0 Å². The quantitative estimate of drug-likeness (QED) is 0.787.